The molecule has 6 heteroatoms. The van der Waals surface area contributed by atoms with Crippen LogP contribution in [0.15, 0.2) is 40.9 Å². The van der Waals surface area contributed by atoms with Gasteiger partial charge in [-0.1, -0.05) is 57.4 Å². The molecule has 0 atom stereocenters. The molecule has 0 spiro atoms. The number of rotatable bonds is 2. The first kappa shape index (κ1) is 22.8. The average molecular weight is 601 g/mol. The summed E-state index contributed by atoms with van der Waals surface area (Å²) < 4.78 is 34.1. The van der Waals surface area contributed by atoms with Crippen LogP contribution in [-0.4, -0.2) is 13.1 Å². The summed E-state index contributed by atoms with van der Waals surface area (Å²) in [5, 5.41) is 3.20. The zero-order chi connectivity index (χ0) is 21.1. The Bertz CT molecular complexity index is 1250. The molecule has 0 amide bonds. The van der Waals surface area contributed by atoms with Gasteiger partial charge in [0.1, 0.15) is 17.2 Å². The molecule has 0 bridgehead atoms. The van der Waals surface area contributed by atoms with E-state index in [2.05, 4.69) is 63.6 Å². The summed E-state index contributed by atoms with van der Waals surface area (Å²) in [5.74, 6) is -1.43. The van der Waals surface area contributed by atoms with E-state index in [1.165, 1.54) is 10.8 Å². The Balaban J connectivity index is 0.00000256. The maximum Gasteiger partial charge on any atom is 0.142 e. The van der Waals surface area contributed by atoms with E-state index in [-0.39, 0.29) is 31.2 Å². The van der Waals surface area contributed by atoms with Gasteiger partial charge in [-0.15, -0.1) is 17.3 Å². The first-order valence-electron chi connectivity index (χ1n) is 9.70. The molecule has 2 nitrogen and oxygen atoms in total. The molecule has 0 aliphatic rings. The molecular formula is C24H24F2IrNOSi-. The van der Waals surface area contributed by atoms with E-state index < -0.39 is 19.7 Å². The molecule has 30 heavy (non-hydrogen) atoms. The molecule has 4 rings (SSSR count). The van der Waals surface area contributed by atoms with Crippen molar-refractivity contribution in [3.63, 3.8) is 0 Å². The van der Waals surface area contributed by atoms with Crippen LogP contribution in [0.2, 0.25) is 19.6 Å². The maximum atomic E-state index is 14.5. The van der Waals surface area contributed by atoms with E-state index in [9.17, 15) is 8.78 Å². The Labute approximate surface area is 190 Å². The normalized spacial score (nSPS) is 12.4. The second kappa shape index (κ2) is 7.67. The van der Waals surface area contributed by atoms with Crippen molar-refractivity contribution in [2.24, 2.45) is 0 Å². The standard InChI is InChI=1S/C24H24F2NOSi.Ir/c1-24(2,3)14-7-9-19-17(11-14)21-20(29(4,5)6)10-8-16(23(21)28-19)22-18(26)12-15(25)13-27-22;/h7,9-13H,1-6H3;/q-1;. The Hall–Kier alpha value is -1.88. The molecule has 0 aliphatic heterocycles. The number of benzene rings is 2. The third-order valence-corrected chi connectivity index (χ3v) is 7.27. The first-order chi connectivity index (χ1) is 13.5. The van der Waals surface area contributed by atoms with Crippen LogP contribution in [0.25, 0.3) is 33.2 Å². The van der Waals surface area contributed by atoms with E-state index in [0.29, 0.717) is 11.1 Å². The number of hydrogen-bond donors (Lipinski definition) is 0. The predicted octanol–water partition coefficient (Wildman–Crippen LogP) is 6.57. The summed E-state index contributed by atoms with van der Waals surface area (Å²) in [5.41, 5.74) is 2.97. The molecule has 0 unspecified atom stereocenters. The van der Waals surface area contributed by atoms with Gasteiger partial charge >= 0.3 is 0 Å². The zero-order valence-electron chi connectivity index (χ0n) is 17.9. The second-order valence-electron chi connectivity index (χ2n) is 9.58. The van der Waals surface area contributed by atoms with Crippen molar-refractivity contribution >= 4 is 35.2 Å². The van der Waals surface area contributed by atoms with Crippen molar-refractivity contribution in [3.8, 4) is 11.3 Å². The molecule has 159 valence electrons. The molecule has 0 fully saturated rings. The molecule has 2 aromatic heterocycles. The minimum Gasteiger partial charge on any atom is -0.501 e. The van der Waals surface area contributed by atoms with Gasteiger partial charge in [-0.25, -0.2) is 8.78 Å². The van der Waals surface area contributed by atoms with Crippen LogP contribution in [0, 0.1) is 17.7 Å². The maximum absolute atomic E-state index is 14.5. The summed E-state index contributed by atoms with van der Waals surface area (Å²) >= 11 is 0. The van der Waals surface area contributed by atoms with Crippen molar-refractivity contribution in [2.45, 2.75) is 45.8 Å². The van der Waals surface area contributed by atoms with E-state index in [0.717, 1.165) is 28.6 Å². The molecule has 4 aromatic rings. The van der Waals surface area contributed by atoms with Gasteiger partial charge in [0.15, 0.2) is 0 Å². The van der Waals surface area contributed by atoms with Gasteiger partial charge < -0.3 is 4.42 Å². The topological polar surface area (TPSA) is 26.0 Å². The van der Waals surface area contributed by atoms with Gasteiger partial charge in [-0.05, 0) is 23.1 Å². The van der Waals surface area contributed by atoms with Gasteiger partial charge in [-0.3, -0.25) is 4.98 Å². The van der Waals surface area contributed by atoms with E-state index in [1.807, 2.05) is 12.1 Å². The zero-order valence-corrected chi connectivity index (χ0v) is 21.3. The quantitative estimate of drug-likeness (QED) is 0.192. The van der Waals surface area contributed by atoms with Crippen molar-refractivity contribution < 1.29 is 33.3 Å². The Morgan fingerprint density at radius 2 is 1.77 bits per heavy atom. The Morgan fingerprint density at radius 1 is 1.07 bits per heavy atom. The van der Waals surface area contributed by atoms with Gasteiger partial charge in [0.25, 0.3) is 0 Å². The van der Waals surface area contributed by atoms with Gasteiger partial charge in [-0.2, -0.15) is 0 Å². The third-order valence-electron chi connectivity index (χ3n) is 5.26. The summed E-state index contributed by atoms with van der Waals surface area (Å²) in [6.45, 7) is 13.3. The van der Waals surface area contributed by atoms with Crippen LogP contribution in [0.4, 0.5) is 8.78 Å². The number of furan rings is 1. The molecular weight excluding hydrogens is 577 g/mol. The molecule has 0 aliphatic carbocycles. The molecule has 1 radical (unpaired) electrons. The predicted molar refractivity (Wildman–Crippen MR) is 117 cm³/mol. The fourth-order valence-electron chi connectivity index (χ4n) is 3.66. The number of hydrogen-bond acceptors (Lipinski definition) is 2. The van der Waals surface area contributed by atoms with Crippen LogP contribution in [0.5, 0.6) is 0 Å². The van der Waals surface area contributed by atoms with Crippen LogP contribution in [-0.2, 0) is 25.5 Å². The SMILES string of the molecule is CC(C)(C)c1ccc2oc3c(-c4ncc(F)cc4F)[c-]cc([Si](C)(C)C)c3c2c1.[Ir]. The monoisotopic (exact) mass is 601 g/mol. The summed E-state index contributed by atoms with van der Waals surface area (Å²) in [7, 11) is -1.75. The third kappa shape index (κ3) is 3.89. The smallest absolute Gasteiger partial charge is 0.142 e. The van der Waals surface area contributed by atoms with Crippen LogP contribution >= 0.6 is 0 Å². The largest absolute Gasteiger partial charge is 0.501 e. The van der Waals surface area contributed by atoms with Gasteiger partial charge in [0.05, 0.1) is 11.8 Å². The number of pyridine rings is 1. The number of fused-ring (bicyclic) bond motifs is 3. The van der Waals surface area contributed by atoms with Crippen molar-refractivity contribution in [3.05, 3.63) is 59.8 Å². The van der Waals surface area contributed by atoms with E-state index >= 15 is 0 Å². The summed E-state index contributed by atoms with van der Waals surface area (Å²) in [6.07, 6.45) is 1.02. The second-order valence-corrected chi connectivity index (χ2v) is 14.6. The van der Waals surface area contributed by atoms with Crippen molar-refractivity contribution in [2.75, 3.05) is 0 Å². The average Bonchev–Trinajstić information content (AvgIpc) is 2.98. The van der Waals surface area contributed by atoms with Crippen molar-refractivity contribution in [1.82, 2.24) is 4.98 Å². The van der Waals surface area contributed by atoms with Gasteiger partial charge in [0, 0.05) is 45.3 Å². The van der Waals surface area contributed by atoms with Crippen LogP contribution in [0.3, 0.4) is 0 Å². The minimum absolute atomic E-state index is 0. The summed E-state index contributed by atoms with van der Waals surface area (Å²) in [6, 6.07) is 12.2. The first-order valence-corrected chi connectivity index (χ1v) is 13.2. The molecule has 0 N–H and O–H groups in total. The molecule has 0 saturated carbocycles. The van der Waals surface area contributed by atoms with E-state index in [1.54, 1.807) is 0 Å². The van der Waals surface area contributed by atoms with Crippen LogP contribution < -0.4 is 5.19 Å². The van der Waals surface area contributed by atoms with Gasteiger partial charge in [0.2, 0.25) is 0 Å². The number of nitrogens with zero attached hydrogens (tertiary/aromatic N) is 1. The Kier molecular flexibility index (Phi) is 5.82. The fraction of sp³-hybridized carbons (Fsp3) is 0.292. The van der Waals surface area contributed by atoms with Crippen LogP contribution in [0.1, 0.15) is 26.3 Å². The molecule has 2 heterocycles. The van der Waals surface area contributed by atoms with E-state index in [4.69, 9.17) is 4.42 Å². The molecule has 0 saturated heterocycles. The molecule has 2 aromatic carbocycles. The summed E-state index contributed by atoms with van der Waals surface area (Å²) in [4.78, 5) is 3.99. The number of halogens is 2. The fourth-order valence-corrected chi connectivity index (χ4v) is 5.16. The number of aromatic nitrogens is 1. The minimum atomic E-state index is -1.75. The Morgan fingerprint density at radius 3 is 2.37 bits per heavy atom. The van der Waals surface area contributed by atoms with Crippen molar-refractivity contribution in [1.29, 1.82) is 0 Å².